The minimum Gasteiger partial charge on any atom is -0.355 e. The van der Waals surface area contributed by atoms with Crippen LogP contribution < -0.4 is 4.90 Å². The largest absolute Gasteiger partial charge is 0.355 e. The van der Waals surface area contributed by atoms with Gasteiger partial charge in [-0.05, 0) is 55.2 Å². The molecule has 1 aliphatic rings. The lowest BCUT2D eigenvalue weighted by Gasteiger charge is -2.33. The van der Waals surface area contributed by atoms with Crippen molar-refractivity contribution < 1.29 is 8.42 Å². The van der Waals surface area contributed by atoms with Gasteiger partial charge in [0.25, 0.3) is 0 Å². The lowest BCUT2D eigenvalue weighted by atomic mass is 10.00. The monoisotopic (exact) mass is 440 g/mol. The molecule has 0 bridgehead atoms. The molecule has 0 N–H and O–H groups in total. The Morgan fingerprint density at radius 1 is 1.13 bits per heavy atom. The van der Waals surface area contributed by atoms with E-state index in [9.17, 15) is 13.7 Å². The summed E-state index contributed by atoms with van der Waals surface area (Å²) in [5.74, 6) is 0.928. The molecule has 0 aliphatic carbocycles. The molecule has 4 rings (SSSR count). The molecule has 0 radical (unpaired) electrons. The topological polar surface area (TPSA) is 86.9 Å². The number of hydrogen-bond acceptors (Lipinski definition) is 6. The number of benzene rings is 2. The molecule has 1 fully saturated rings. The maximum atomic E-state index is 13.4. The second-order valence-electron chi connectivity index (χ2n) is 7.62. The van der Waals surface area contributed by atoms with Crippen molar-refractivity contribution in [2.75, 3.05) is 18.0 Å². The first-order valence-corrected chi connectivity index (χ1v) is 11.7. The fourth-order valence-electron chi connectivity index (χ4n) is 3.83. The number of fused-ring (bicyclic) bond motifs is 1. The molecule has 6 nitrogen and oxygen atoms in total. The smallest absolute Gasteiger partial charge is 0.200 e. The minimum atomic E-state index is -4.01. The van der Waals surface area contributed by atoms with Crippen molar-refractivity contribution in [3.05, 3.63) is 59.2 Å². The number of nitrogens with zero attached hydrogens (tertiary/aromatic N) is 4. The van der Waals surface area contributed by atoms with Gasteiger partial charge in [-0.3, -0.25) is 0 Å². The lowest BCUT2D eigenvalue weighted by molar-refractivity contribution is 0.443. The van der Waals surface area contributed by atoms with Gasteiger partial charge in [-0.15, -0.1) is 0 Å². The summed E-state index contributed by atoms with van der Waals surface area (Å²) in [5.41, 5.74) is 1.42. The van der Waals surface area contributed by atoms with Crippen molar-refractivity contribution in [1.29, 1.82) is 5.26 Å². The normalized spacial score (nSPS) is 18.2. The molecule has 0 amide bonds. The SMILES string of the molecule is C[C@H]1CCCN(c2nc3ccccc3nc2[C@H](C#N)S(=O)(=O)c2ccc(Cl)cc2)C1. The van der Waals surface area contributed by atoms with Gasteiger partial charge in [0.2, 0.25) is 9.84 Å². The van der Waals surface area contributed by atoms with Crippen LogP contribution in [-0.2, 0) is 9.84 Å². The second-order valence-corrected chi connectivity index (χ2v) is 10.1. The molecule has 30 heavy (non-hydrogen) atoms. The zero-order chi connectivity index (χ0) is 21.3. The van der Waals surface area contributed by atoms with Crippen molar-refractivity contribution in [3.63, 3.8) is 0 Å². The van der Waals surface area contributed by atoms with Gasteiger partial charge in [-0.25, -0.2) is 18.4 Å². The molecule has 1 aliphatic heterocycles. The molecule has 2 atom stereocenters. The van der Waals surface area contributed by atoms with E-state index < -0.39 is 15.1 Å². The summed E-state index contributed by atoms with van der Waals surface area (Å²) < 4.78 is 26.7. The first kappa shape index (κ1) is 20.6. The number of rotatable bonds is 4. The Balaban J connectivity index is 1.89. The highest BCUT2D eigenvalue weighted by molar-refractivity contribution is 7.92. The third-order valence-corrected chi connectivity index (χ3v) is 7.48. The third-order valence-electron chi connectivity index (χ3n) is 5.35. The highest BCUT2D eigenvalue weighted by atomic mass is 35.5. The van der Waals surface area contributed by atoms with E-state index in [4.69, 9.17) is 16.6 Å². The van der Waals surface area contributed by atoms with Gasteiger partial charge in [-0.1, -0.05) is 30.7 Å². The van der Waals surface area contributed by atoms with Crippen molar-refractivity contribution in [1.82, 2.24) is 9.97 Å². The van der Waals surface area contributed by atoms with Crippen LogP contribution in [0.3, 0.4) is 0 Å². The van der Waals surface area contributed by atoms with Gasteiger partial charge >= 0.3 is 0 Å². The summed E-state index contributed by atoms with van der Waals surface area (Å²) >= 11 is 5.91. The highest BCUT2D eigenvalue weighted by Crippen LogP contribution is 2.35. The Morgan fingerprint density at radius 3 is 2.43 bits per heavy atom. The van der Waals surface area contributed by atoms with E-state index >= 15 is 0 Å². The molecule has 8 heteroatoms. The fourth-order valence-corrected chi connectivity index (χ4v) is 5.34. The van der Waals surface area contributed by atoms with Crippen LogP contribution in [0, 0.1) is 17.2 Å². The Morgan fingerprint density at radius 2 is 1.80 bits per heavy atom. The van der Waals surface area contributed by atoms with Crippen LogP contribution in [0.2, 0.25) is 5.02 Å². The average Bonchev–Trinajstić information content (AvgIpc) is 2.74. The Kier molecular flexibility index (Phi) is 5.63. The summed E-state index contributed by atoms with van der Waals surface area (Å²) in [6.07, 6.45) is 2.09. The Bertz CT molecular complexity index is 1220. The van der Waals surface area contributed by atoms with Gasteiger partial charge in [0.15, 0.2) is 11.1 Å². The maximum Gasteiger partial charge on any atom is 0.200 e. The minimum absolute atomic E-state index is 0.0337. The van der Waals surface area contributed by atoms with Crippen LogP contribution in [0.1, 0.15) is 30.7 Å². The third kappa shape index (κ3) is 3.85. The molecule has 1 saturated heterocycles. The molecule has 0 unspecified atom stereocenters. The van der Waals surface area contributed by atoms with E-state index in [-0.39, 0.29) is 10.6 Å². The Hall–Kier alpha value is -2.69. The quantitative estimate of drug-likeness (QED) is 0.591. The Labute approximate surface area is 181 Å². The summed E-state index contributed by atoms with van der Waals surface area (Å²) in [7, 11) is -4.01. The van der Waals surface area contributed by atoms with Gasteiger partial charge < -0.3 is 4.90 Å². The number of nitriles is 1. The van der Waals surface area contributed by atoms with Crippen molar-refractivity contribution >= 4 is 38.3 Å². The molecule has 154 valence electrons. The number of piperidine rings is 1. The van der Waals surface area contributed by atoms with Gasteiger partial charge in [-0.2, -0.15) is 5.26 Å². The van der Waals surface area contributed by atoms with Crippen LogP contribution in [0.25, 0.3) is 11.0 Å². The summed E-state index contributed by atoms with van der Waals surface area (Å²) in [5, 5.41) is 8.89. The standard InChI is InChI=1S/C22H21ClN4O2S/c1-15-5-4-12-27(14-15)22-21(25-18-6-2-3-7-19(18)26-22)20(13-24)30(28,29)17-10-8-16(23)9-11-17/h2-3,6-11,15,20H,4-5,12,14H2,1H3/t15-,20-/m0/s1. The summed E-state index contributed by atoms with van der Waals surface area (Å²) in [6.45, 7) is 3.66. The van der Waals surface area contributed by atoms with Gasteiger partial charge in [0.05, 0.1) is 22.0 Å². The van der Waals surface area contributed by atoms with Crippen LogP contribution >= 0.6 is 11.6 Å². The zero-order valence-corrected chi connectivity index (χ0v) is 18.1. The van der Waals surface area contributed by atoms with Gasteiger partial charge in [0.1, 0.15) is 5.69 Å². The summed E-state index contributed by atoms with van der Waals surface area (Å²) in [4.78, 5) is 11.5. The number of halogens is 1. The van der Waals surface area contributed by atoms with E-state index in [2.05, 4.69) is 16.8 Å². The molecule has 0 saturated carbocycles. The van der Waals surface area contributed by atoms with Crippen molar-refractivity contribution in [2.24, 2.45) is 5.92 Å². The van der Waals surface area contributed by atoms with Crippen molar-refractivity contribution in [3.8, 4) is 6.07 Å². The number of aromatic nitrogens is 2. The predicted molar refractivity (Wildman–Crippen MR) is 117 cm³/mol. The lowest BCUT2D eigenvalue weighted by Crippen LogP contribution is -2.36. The summed E-state index contributed by atoms with van der Waals surface area (Å²) in [6, 6.07) is 15.1. The van der Waals surface area contributed by atoms with Crippen molar-refractivity contribution in [2.45, 2.75) is 29.9 Å². The van der Waals surface area contributed by atoms with Crippen LogP contribution in [0.4, 0.5) is 5.82 Å². The number of hydrogen-bond donors (Lipinski definition) is 0. The van der Waals surface area contributed by atoms with E-state index in [1.165, 1.54) is 24.3 Å². The van der Waals surface area contributed by atoms with E-state index in [1.807, 2.05) is 24.3 Å². The second kappa shape index (κ2) is 8.21. The van der Waals surface area contributed by atoms with Crippen LogP contribution in [0.15, 0.2) is 53.4 Å². The number of anilines is 1. The maximum absolute atomic E-state index is 13.4. The van der Waals surface area contributed by atoms with Crippen LogP contribution in [0.5, 0.6) is 0 Å². The average molecular weight is 441 g/mol. The molecular formula is C22H21ClN4O2S. The first-order chi connectivity index (χ1) is 14.4. The molecule has 1 aromatic heterocycles. The zero-order valence-electron chi connectivity index (χ0n) is 16.5. The van der Waals surface area contributed by atoms with E-state index in [1.54, 1.807) is 6.07 Å². The first-order valence-electron chi connectivity index (χ1n) is 9.81. The molecular weight excluding hydrogens is 420 g/mol. The predicted octanol–water partition coefficient (Wildman–Crippen LogP) is 4.56. The number of sulfone groups is 1. The molecule has 2 aromatic carbocycles. The van der Waals surface area contributed by atoms with Crippen LogP contribution in [-0.4, -0.2) is 31.5 Å². The highest BCUT2D eigenvalue weighted by Gasteiger charge is 2.35. The molecule has 3 aromatic rings. The van der Waals surface area contributed by atoms with Gasteiger partial charge in [0, 0.05) is 18.1 Å². The van der Waals surface area contributed by atoms with E-state index in [0.29, 0.717) is 27.8 Å². The number of para-hydroxylation sites is 2. The fraction of sp³-hybridized carbons (Fsp3) is 0.318. The van der Waals surface area contributed by atoms with E-state index in [0.717, 1.165) is 25.9 Å². The molecule has 0 spiro atoms. The molecule has 2 heterocycles.